The predicted octanol–water partition coefficient (Wildman–Crippen LogP) is 7.34. The van der Waals surface area contributed by atoms with Crippen molar-refractivity contribution in [3.63, 3.8) is 0 Å². The number of halogens is 3. The van der Waals surface area contributed by atoms with Crippen LogP contribution in [-0.2, 0) is 12.3 Å². The molecule has 6 heteroatoms. The number of para-hydroxylation sites is 2. The molecule has 4 rings (SSSR count). The van der Waals surface area contributed by atoms with Crippen LogP contribution in [0.2, 0.25) is 15.1 Å². The molecule has 0 amide bonds. The molecule has 1 heterocycles. The molecule has 3 aromatic carbocycles. The summed E-state index contributed by atoms with van der Waals surface area (Å²) in [6, 6.07) is 21.5. The summed E-state index contributed by atoms with van der Waals surface area (Å²) in [5.41, 5.74) is 2.94. The Hall–Kier alpha value is -1.65. The van der Waals surface area contributed by atoms with E-state index in [-0.39, 0.29) is 0 Å². The highest BCUT2D eigenvalue weighted by Gasteiger charge is 2.14. The van der Waals surface area contributed by atoms with E-state index < -0.39 is 0 Å². The van der Waals surface area contributed by atoms with E-state index in [0.29, 0.717) is 16.6 Å². The number of aromatic nitrogens is 2. The number of hydrogen-bond acceptors (Lipinski definition) is 2. The zero-order valence-electron chi connectivity index (χ0n) is 14.2. The first-order valence-corrected chi connectivity index (χ1v) is 10.5. The van der Waals surface area contributed by atoms with Crippen molar-refractivity contribution in [3.05, 3.63) is 93.2 Å². The maximum Gasteiger partial charge on any atom is 0.120 e. The van der Waals surface area contributed by atoms with E-state index in [0.717, 1.165) is 38.1 Å². The van der Waals surface area contributed by atoms with E-state index in [1.54, 1.807) is 11.8 Å². The Labute approximate surface area is 177 Å². The third-order valence-electron chi connectivity index (χ3n) is 4.29. The molecule has 0 unspecified atom stereocenters. The summed E-state index contributed by atoms with van der Waals surface area (Å²) in [7, 11) is 0. The van der Waals surface area contributed by atoms with Gasteiger partial charge in [0, 0.05) is 25.5 Å². The van der Waals surface area contributed by atoms with Crippen LogP contribution in [0, 0.1) is 0 Å². The van der Waals surface area contributed by atoms with Crippen LogP contribution < -0.4 is 0 Å². The van der Waals surface area contributed by atoms with E-state index in [9.17, 15) is 0 Å². The zero-order valence-corrected chi connectivity index (χ0v) is 17.3. The molecule has 0 atom stereocenters. The van der Waals surface area contributed by atoms with E-state index in [1.165, 1.54) is 0 Å². The van der Waals surface area contributed by atoms with Gasteiger partial charge in [0.1, 0.15) is 5.82 Å². The molecule has 0 saturated heterocycles. The maximum atomic E-state index is 6.40. The average Bonchev–Trinajstić information content (AvgIpc) is 3.02. The molecule has 2 nitrogen and oxygen atoms in total. The molecule has 0 aliphatic rings. The molecule has 0 radical (unpaired) electrons. The summed E-state index contributed by atoms with van der Waals surface area (Å²) in [6.45, 7) is 0.579. The molecule has 0 spiro atoms. The molecule has 0 N–H and O–H groups in total. The quantitative estimate of drug-likeness (QED) is 0.306. The lowest BCUT2D eigenvalue weighted by Gasteiger charge is -2.12. The summed E-state index contributed by atoms with van der Waals surface area (Å²) in [6.07, 6.45) is 0. The fourth-order valence-corrected chi connectivity index (χ4v) is 4.42. The first-order chi connectivity index (χ1) is 13.1. The van der Waals surface area contributed by atoms with Crippen molar-refractivity contribution in [2.45, 2.75) is 17.2 Å². The Balaban J connectivity index is 1.70. The topological polar surface area (TPSA) is 17.8 Å². The monoisotopic (exact) mass is 432 g/mol. The number of thioether (sulfide) groups is 1. The summed E-state index contributed by atoms with van der Waals surface area (Å²) >= 11 is 20.5. The lowest BCUT2D eigenvalue weighted by Crippen LogP contribution is -2.05. The minimum atomic E-state index is 0.579. The number of fused-ring (bicyclic) bond motifs is 1. The number of imidazole rings is 1. The average molecular weight is 434 g/mol. The number of benzene rings is 3. The van der Waals surface area contributed by atoms with E-state index in [1.807, 2.05) is 60.7 Å². The van der Waals surface area contributed by atoms with Gasteiger partial charge in [0.25, 0.3) is 0 Å². The van der Waals surface area contributed by atoms with Gasteiger partial charge in [-0.1, -0.05) is 53.0 Å². The van der Waals surface area contributed by atoms with Crippen LogP contribution in [0.25, 0.3) is 11.0 Å². The summed E-state index contributed by atoms with van der Waals surface area (Å²) in [5, 5.41) is 2.06. The van der Waals surface area contributed by atoms with Crippen molar-refractivity contribution in [2.75, 3.05) is 0 Å². The van der Waals surface area contributed by atoms with Crippen molar-refractivity contribution in [1.82, 2.24) is 9.55 Å². The summed E-state index contributed by atoms with van der Waals surface area (Å²) in [4.78, 5) is 5.98. The molecule has 0 saturated carbocycles. The summed E-state index contributed by atoms with van der Waals surface area (Å²) in [5.74, 6) is 1.71. The van der Waals surface area contributed by atoms with E-state index >= 15 is 0 Å². The minimum absolute atomic E-state index is 0.579. The molecular formula is C21H15Cl3N2S. The second-order valence-corrected chi connectivity index (χ2v) is 8.35. The highest BCUT2D eigenvalue weighted by atomic mass is 35.5. The summed E-state index contributed by atoms with van der Waals surface area (Å²) < 4.78 is 2.19. The lowest BCUT2D eigenvalue weighted by molar-refractivity contribution is 0.780. The van der Waals surface area contributed by atoms with Gasteiger partial charge in [0.15, 0.2) is 0 Å². The van der Waals surface area contributed by atoms with Crippen molar-refractivity contribution in [2.24, 2.45) is 0 Å². The normalized spacial score (nSPS) is 11.2. The highest BCUT2D eigenvalue weighted by molar-refractivity contribution is 7.98. The van der Waals surface area contributed by atoms with E-state index in [4.69, 9.17) is 39.8 Å². The van der Waals surface area contributed by atoms with Crippen LogP contribution in [0.4, 0.5) is 0 Å². The van der Waals surface area contributed by atoms with Gasteiger partial charge in [0.05, 0.1) is 23.3 Å². The SMILES string of the molecule is Clc1ccc(SCc2nc3ccccc3n2Cc2c(Cl)cccc2Cl)cc1. The second-order valence-electron chi connectivity index (χ2n) is 6.05. The van der Waals surface area contributed by atoms with Crippen molar-refractivity contribution >= 4 is 57.6 Å². The van der Waals surface area contributed by atoms with Gasteiger partial charge in [0.2, 0.25) is 0 Å². The highest BCUT2D eigenvalue weighted by Crippen LogP contribution is 2.30. The van der Waals surface area contributed by atoms with Crippen LogP contribution in [0.15, 0.2) is 71.6 Å². The van der Waals surface area contributed by atoms with Gasteiger partial charge >= 0.3 is 0 Å². The Morgan fingerprint density at radius 3 is 2.26 bits per heavy atom. The molecule has 0 bridgehead atoms. The Bertz CT molecular complexity index is 1070. The maximum absolute atomic E-state index is 6.40. The standard InChI is InChI=1S/C21H15Cl3N2S/c22-14-8-10-15(11-9-14)27-13-21-25-19-6-1-2-7-20(19)26(21)12-16-17(23)4-3-5-18(16)24/h1-11H,12-13H2. The Morgan fingerprint density at radius 1 is 0.815 bits per heavy atom. The smallest absolute Gasteiger partial charge is 0.120 e. The molecule has 27 heavy (non-hydrogen) atoms. The zero-order chi connectivity index (χ0) is 18.8. The first-order valence-electron chi connectivity index (χ1n) is 8.37. The van der Waals surface area contributed by atoms with Crippen LogP contribution in [-0.4, -0.2) is 9.55 Å². The first kappa shape index (κ1) is 18.7. The lowest BCUT2D eigenvalue weighted by atomic mass is 10.2. The van der Waals surface area contributed by atoms with Crippen LogP contribution in [0.5, 0.6) is 0 Å². The minimum Gasteiger partial charge on any atom is -0.323 e. The molecule has 0 aliphatic carbocycles. The van der Waals surface area contributed by atoms with Gasteiger partial charge in [-0.15, -0.1) is 11.8 Å². The van der Waals surface area contributed by atoms with Crippen LogP contribution >= 0.6 is 46.6 Å². The number of nitrogens with zero attached hydrogens (tertiary/aromatic N) is 2. The van der Waals surface area contributed by atoms with Crippen LogP contribution in [0.1, 0.15) is 11.4 Å². The largest absolute Gasteiger partial charge is 0.323 e. The third-order valence-corrected chi connectivity index (χ3v) is 6.26. The number of hydrogen-bond donors (Lipinski definition) is 0. The molecule has 0 fully saturated rings. The van der Waals surface area contributed by atoms with Gasteiger partial charge in [-0.05, 0) is 48.5 Å². The molecule has 0 aliphatic heterocycles. The second kappa shape index (κ2) is 8.15. The van der Waals surface area contributed by atoms with E-state index in [2.05, 4.69) is 10.6 Å². The number of rotatable bonds is 5. The van der Waals surface area contributed by atoms with Crippen molar-refractivity contribution in [3.8, 4) is 0 Å². The van der Waals surface area contributed by atoms with Gasteiger partial charge in [-0.25, -0.2) is 4.98 Å². The van der Waals surface area contributed by atoms with Gasteiger partial charge in [-0.3, -0.25) is 0 Å². The Kier molecular flexibility index (Phi) is 5.65. The van der Waals surface area contributed by atoms with Crippen molar-refractivity contribution in [1.29, 1.82) is 0 Å². The Morgan fingerprint density at radius 2 is 1.52 bits per heavy atom. The van der Waals surface area contributed by atoms with Gasteiger partial charge < -0.3 is 4.57 Å². The fraction of sp³-hybridized carbons (Fsp3) is 0.0952. The molecule has 136 valence electrons. The van der Waals surface area contributed by atoms with Crippen LogP contribution in [0.3, 0.4) is 0 Å². The predicted molar refractivity (Wildman–Crippen MR) is 116 cm³/mol. The molecule has 1 aromatic heterocycles. The fourth-order valence-electron chi connectivity index (χ4n) is 2.93. The molecular weight excluding hydrogens is 419 g/mol. The molecule has 4 aromatic rings. The third kappa shape index (κ3) is 4.12. The van der Waals surface area contributed by atoms with Gasteiger partial charge in [-0.2, -0.15) is 0 Å². The van der Waals surface area contributed by atoms with Crippen molar-refractivity contribution < 1.29 is 0 Å².